The van der Waals surface area contributed by atoms with Gasteiger partial charge in [0, 0.05) is 18.2 Å². The third-order valence-corrected chi connectivity index (χ3v) is 3.27. The molecular weight excluding hydrogens is 264 g/mol. The monoisotopic (exact) mass is 285 g/mol. The zero-order valence-electron chi connectivity index (χ0n) is 12.1. The first-order valence-electron chi connectivity index (χ1n) is 6.59. The predicted octanol–water partition coefficient (Wildman–Crippen LogP) is 3.16. The Morgan fingerprint density at radius 1 is 1.30 bits per heavy atom. The second-order valence-electron chi connectivity index (χ2n) is 5.88. The zero-order valence-corrected chi connectivity index (χ0v) is 12.1. The average molecular weight is 285 g/mol. The second-order valence-corrected chi connectivity index (χ2v) is 5.88. The van der Waals surface area contributed by atoms with Gasteiger partial charge in [0.25, 0.3) is 0 Å². The molecule has 0 saturated carbocycles. The van der Waals surface area contributed by atoms with E-state index in [1.165, 1.54) is 18.2 Å². The predicted molar refractivity (Wildman–Crippen MR) is 73.4 cm³/mol. The van der Waals surface area contributed by atoms with Crippen molar-refractivity contribution in [3.63, 3.8) is 0 Å². The molecule has 1 aliphatic rings. The molecule has 0 aliphatic carbocycles. The summed E-state index contributed by atoms with van der Waals surface area (Å²) in [6, 6.07) is 4.55. The average Bonchev–Trinajstić information content (AvgIpc) is 2.78. The fourth-order valence-corrected chi connectivity index (χ4v) is 2.03. The van der Waals surface area contributed by atoms with Gasteiger partial charge in [0.2, 0.25) is 0 Å². The van der Waals surface area contributed by atoms with E-state index >= 15 is 0 Å². The normalized spacial score (nSPS) is 19.4. The van der Waals surface area contributed by atoms with Crippen LogP contribution in [-0.2, 0) is 4.79 Å². The van der Waals surface area contributed by atoms with E-state index in [4.69, 9.17) is 5.11 Å². The summed E-state index contributed by atoms with van der Waals surface area (Å²) in [7, 11) is 0. The summed E-state index contributed by atoms with van der Waals surface area (Å²) in [5.41, 5.74) is 0.115. The number of halogens is 2. The van der Waals surface area contributed by atoms with Gasteiger partial charge in [-0.3, -0.25) is 9.69 Å². The topological polar surface area (TPSA) is 40.5 Å². The van der Waals surface area contributed by atoms with Crippen LogP contribution in [0.5, 0.6) is 0 Å². The zero-order chi connectivity index (χ0) is 15.3. The van der Waals surface area contributed by atoms with Gasteiger partial charge in [-0.1, -0.05) is 6.07 Å². The Kier molecular flexibility index (Phi) is 5.62. The van der Waals surface area contributed by atoms with Gasteiger partial charge in [-0.2, -0.15) is 0 Å². The van der Waals surface area contributed by atoms with E-state index in [0.29, 0.717) is 6.54 Å². The van der Waals surface area contributed by atoms with Crippen molar-refractivity contribution >= 4 is 5.97 Å². The molecule has 1 fully saturated rings. The molecule has 0 bridgehead atoms. The van der Waals surface area contributed by atoms with E-state index < -0.39 is 17.6 Å². The molecule has 1 atom stereocenters. The number of carboxylic acid groups (broad SMARTS) is 1. The lowest BCUT2D eigenvalue weighted by atomic mass is 10.1. The molecule has 1 aliphatic heterocycles. The van der Waals surface area contributed by atoms with Gasteiger partial charge in [0.15, 0.2) is 0 Å². The Labute approximate surface area is 118 Å². The van der Waals surface area contributed by atoms with Crippen molar-refractivity contribution in [1.29, 1.82) is 0 Å². The quantitative estimate of drug-likeness (QED) is 0.861. The Morgan fingerprint density at radius 2 is 1.85 bits per heavy atom. The highest BCUT2D eigenvalue weighted by Crippen LogP contribution is 2.24. The van der Waals surface area contributed by atoms with Crippen LogP contribution < -0.4 is 0 Å². The molecule has 5 heteroatoms. The second kappa shape index (κ2) is 6.79. The van der Waals surface area contributed by atoms with Crippen LogP contribution in [-0.4, -0.2) is 34.6 Å². The van der Waals surface area contributed by atoms with E-state index in [0.717, 1.165) is 19.0 Å². The third-order valence-electron chi connectivity index (χ3n) is 3.27. The lowest BCUT2D eigenvalue weighted by Gasteiger charge is -2.31. The number of likely N-dealkylation sites (tertiary alicyclic amines) is 1. The van der Waals surface area contributed by atoms with E-state index in [2.05, 4.69) is 25.7 Å². The van der Waals surface area contributed by atoms with Crippen LogP contribution in [0.1, 0.15) is 27.2 Å². The van der Waals surface area contributed by atoms with Gasteiger partial charge in [0.05, 0.1) is 5.92 Å². The number of carbonyl (C=O) groups is 1. The lowest BCUT2D eigenvalue weighted by Crippen LogP contribution is -2.39. The number of rotatable bonds is 1. The minimum Gasteiger partial charge on any atom is -0.481 e. The fraction of sp³-hybridized carbons (Fsp3) is 0.533. The Bertz CT molecular complexity index is 440. The van der Waals surface area contributed by atoms with Crippen LogP contribution in [0.4, 0.5) is 8.78 Å². The smallest absolute Gasteiger partial charge is 0.307 e. The third kappa shape index (κ3) is 5.25. The maximum absolute atomic E-state index is 11.9. The SMILES string of the molecule is CC(C)(C)N1CCC(C(=O)O)C1.Fc1cccc(F)c1. The molecule has 1 aromatic carbocycles. The molecule has 0 radical (unpaired) electrons. The van der Waals surface area contributed by atoms with Gasteiger partial charge >= 0.3 is 5.97 Å². The molecule has 1 saturated heterocycles. The Morgan fingerprint density at radius 3 is 2.10 bits per heavy atom. The van der Waals surface area contributed by atoms with Crippen LogP contribution >= 0.6 is 0 Å². The summed E-state index contributed by atoms with van der Waals surface area (Å²) >= 11 is 0. The number of hydrogen-bond acceptors (Lipinski definition) is 2. The number of nitrogens with zero attached hydrogens (tertiary/aromatic N) is 1. The molecule has 1 unspecified atom stereocenters. The van der Waals surface area contributed by atoms with Crippen LogP contribution in [0.25, 0.3) is 0 Å². The summed E-state index contributed by atoms with van der Waals surface area (Å²) in [5.74, 6) is -1.87. The number of carboxylic acids is 1. The highest BCUT2D eigenvalue weighted by molar-refractivity contribution is 5.70. The highest BCUT2D eigenvalue weighted by atomic mass is 19.1. The largest absolute Gasteiger partial charge is 0.481 e. The summed E-state index contributed by atoms with van der Waals surface area (Å²) in [6.07, 6.45) is 0.798. The maximum Gasteiger partial charge on any atom is 0.307 e. The molecule has 0 aromatic heterocycles. The molecule has 20 heavy (non-hydrogen) atoms. The summed E-state index contributed by atoms with van der Waals surface area (Å²) in [4.78, 5) is 12.9. The molecule has 1 N–H and O–H groups in total. The molecule has 2 rings (SSSR count). The van der Waals surface area contributed by atoms with Crippen LogP contribution in [0.15, 0.2) is 24.3 Å². The van der Waals surface area contributed by atoms with Crippen LogP contribution in [0, 0.1) is 17.6 Å². The molecule has 3 nitrogen and oxygen atoms in total. The minimum atomic E-state index is -0.651. The first-order chi connectivity index (χ1) is 9.20. The van der Waals surface area contributed by atoms with Gasteiger partial charge in [-0.05, 0) is 45.9 Å². The Hall–Kier alpha value is -1.49. The van der Waals surface area contributed by atoms with Crippen molar-refractivity contribution in [3.8, 4) is 0 Å². The van der Waals surface area contributed by atoms with Crippen molar-refractivity contribution in [2.45, 2.75) is 32.7 Å². The van der Waals surface area contributed by atoms with E-state index in [9.17, 15) is 13.6 Å². The number of hydrogen-bond donors (Lipinski definition) is 1. The summed E-state index contributed by atoms with van der Waals surface area (Å²) in [6.45, 7) is 7.99. The number of benzene rings is 1. The standard InChI is InChI=1S/C9H17NO2.C6H4F2/c1-9(2,3)10-5-4-7(6-10)8(11)12;7-5-2-1-3-6(8)4-5/h7H,4-6H2,1-3H3,(H,11,12);1-4H. The highest BCUT2D eigenvalue weighted by Gasteiger charge is 2.33. The number of aliphatic carboxylic acids is 1. The van der Waals surface area contributed by atoms with E-state index in [1.807, 2.05) is 0 Å². The van der Waals surface area contributed by atoms with E-state index in [1.54, 1.807) is 0 Å². The molecule has 0 spiro atoms. The molecule has 0 amide bonds. The summed E-state index contributed by atoms with van der Waals surface area (Å²) < 4.78 is 23.9. The van der Waals surface area contributed by atoms with Crippen molar-refractivity contribution in [2.24, 2.45) is 5.92 Å². The van der Waals surface area contributed by atoms with Gasteiger partial charge in [-0.15, -0.1) is 0 Å². The minimum absolute atomic E-state index is 0.115. The van der Waals surface area contributed by atoms with Crippen molar-refractivity contribution in [1.82, 2.24) is 4.90 Å². The fourth-order valence-electron chi connectivity index (χ4n) is 2.03. The molecule has 1 heterocycles. The van der Waals surface area contributed by atoms with Crippen LogP contribution in [0.3, 0.4) is 0 Å². The lowest BCUT2D eigenvalue weighted by molar-refractivity contribution is -0.141. The van der Waals surface area contributed by atoms with Crippen molar-refractivity contribution < 1.29 is 18.7 Å². The van der Waals surface area contributed by atoms with Gasteiger partial charge < -0.3 is 5.11 Å². The first kappa shape index (κ1) is 16.6. The maximum atomic E-state index is 11.9. The van der Waals surface area contributed by atoms with Gasteiger partial charge in [-0.25, -0.2) is 8.78 Å². The van der Waals surface area contributed by atoms with Crippen molar-refractivity contribution in [3.05, 3.63) is 35.9 Å². The van der Waals surface area contributed by atoms with Gasteiger partial charge in [0.1, 0.15) is 11.6 Å². The van der Waals surface area contributed by atoms with Crippen molar-refractivity contribution in [2.75, 3.05) is 13.1 Å². The Balaban J connectivity index is 0.000000217. The van der Waals surface area contributed by atoms with Crippen LogP contribution in [0.2, 0.25) is 0 Å². The molecular formula is C15H21F2NO2. The first-order valence-corrected chi connectivity index (χ1v) is 6.59. The molecule has 112 valence electrons. The van der Waals surface area contributed by atoms with E-state index in [-0.39, 0.29) is 11.5 Å². The molecule has 1 aromatic rings. The summed E-state index contributed by atoms with van der Waals surface area (Å²) in [5, 5.41) is 8.77.